The van der Waals surface area contributed by atoms with Crippen LogP contribution in [-0.4, -0.2) is 41.4 Å². The quantitative estimate of drug-likeness (QED) is 0.682. The van der Waals surface area contributed by atoms with Crippen molar-refractivity contribution in [3.63, 3.8) is 0 Å². The van der Waals surface area contributed by atoms with Crippen LogP contribution < -0.4 is 0 Å². The first-order valence-electron chi connectivity index (χ1n) is 4.19. The SMILES string of the molecule is CCN(CC(F)F)C(=O)C(C)C(=O)O. The molecule has 6 heteroatoms. The smallest absolute Gasteiger partial charge is 0.315 e. The number of hydrogen-bond donors (Lipinski definition) is 1. The second-order valence-electron chi connectivity index (χ2n) is 2.83. The highest BCUT2D eigenvalue weighted by Crippen LogP contribution is 2.05. The molecule has 0 spiro atoms. The first-order valence-corrected chi connectivity index (χ1v) is 4.19. The van der Waals surface area contributed by atoms with Crippen LogP contribution in [0, 0.1) is 5.92 Å². The number of aliphatic carboxylic acids is 1. The van der Waals surface area contributed by atoms with Gasteiger partial charge in [-0.2, -0.15) is 0 Å². The van der Waals surface area contributed by atoms with Gasteiger partial charge in [-0.3, -0.25) is 9.59 Å². The number of halogens is 2. The van der Waals surface area contributed by atoms with Crippen LogP contribution in [0.5, 0.6) is 0 Å². The fraction of sp³-hybridized carbons (Fsp3) is 0.750. The van der Waals surface area contributed by atoms with Gasteiger partial charge in [0.1, 0.15) is 5.92 Å². The molecule has 0 aliphatic heterocycles. The summed E-state index contributed by atoms with van der Waals surface area (Å²) in [6, 6.07) is 0. The summed E-state index contributed by atoms with van der Waals surface area (Å²) in [5.74, 6) is -3.35. The third kappa shape index (κ3) is 3.68. The van der Waals surface area contributed by atoms with E-state index >= 15 is 0 Å². The third-order valence-electron chi connectivity index (χ3n) is 1.79. The van der Waals surface area contributed by atoms with Gasteiger partial charge in [0, 0.05) is 6.54 Å². The number of nitrogens with zero attached hydrogens (tertiary/aromatic N) is 1. The largest absolute Gasteiger partial charge is 0.481 e. The lowest BCUT2D eigenvalue weighted by Crippen LogP contribution is -2.40. The Hall–Kier alpha value is -1.20. The Kier molecular flexibility index (Phi) is 5.04. The highest BCUT2D eigenvalue weighted by atomic mass is 19.3. The molecular weight excluding hydrogens is 196 g/mol. The van der Waals surface area contributed by atoms with Gasteiger partial charge in [-0.1, -0.05) is 0 Å². The van der Waals surface area contributed by atoms with Crippen LogP contribution in [0.1, 0.15) is 13.8 Å². The Bertz CT molecular complexity index is 221. The lowest BCUT2D eigenvalue weighted by Gasteiger charge is -2.22. The maximum absolute atomic E-state index is 12.0. The molecule has 0 aliphatic carbocycles. The minimum atomic E-state index is -2.64. The van der Waals surface area contributed by atoms with Crippen LogP contribution in [-0.2, 0) is 9.59 Å². The molecule has 1 N–H and O–H groups in total. The third-order valence-corrected chi connectivity index (χ3v) is 1.79. The minimum Gasteiger partial charge on any atom is -0.481 e. The van der Waals surface area contributed by atoms with E-state index in [1.807, 2.05) is 0 Å². The van der Waals surface area contributed by atoms with Crippen LogP contribution in [0.2, 0.25) is 0 Å². The van der Waals surface area contributed by atoms with Gasteiger partial charge in [-0.05, 0) is 13.8 Å². The van der Waals surface area contributed by atoms with Gasteiger partial charge in [0.25, 0.3) is 6.43 Å². The van der Waals surface area contributed by atoms with E-state index in [0.717, 1.165) is 4.90 Å². The molecule has 1 amide bonds. The van der Waals surface area contributed by atoms with Crippen molar-refractivity contribution in [2.24, 2.45) is 5.92 Å². The van der Waals surface area contributed by atoms with E-state index in [2.05, 4.69) is 0 Å². The van der Waals surface area contributed by atoms with Gasteiger partial charge >= 0.3 is 5.97 Å². The number of carboxylic acids is 1. The number of carbonyl (C=O) groups is 2. The molecule has 0 rings (SSSR count). The lowest BCUT2D eigenvalue weighted by atomic mass is 10.1. The number of alkyl halides is 2. The Balaban J connectivity index is 4.38. The monoisotopic (exact) mass is 209 g/mol. The zero-order chi connectivity index (χ0) is 11.3. The molecule has 0 aliphatic rings. The van der Waals surface area contributed by atoms with Gasteiger partial charge in [0.05, 0.1) is 6.54 Å². The van der Waals surface area contributed by atoms with Crippen molar-refractivity contribution < 1.29 is 23.5 Å². The first kappa shape index (κ1) is 12.8. The summed E-state index contributed by atoms with van der Waals surface area (Å²) >= 11 is 0. The molecule has 0 radical (unpaired) electrons. The van der Waals surface area contributed by atoms with Crippen molar-refractivity contribution in [1.29, 1.82) is 0 Å². The van der Waals surface area contributed by atoms with Crippen LogP contribution in [0.25, 0.3) is 0 Å². The van der Waals surface area contributed by atoms with Crippen LogP contribution in [0.4, 0.5) is 8.78 Å². The summed E-state index contributed by atoms with van der Waals surface area (Å²) < 4.78 is 23.9. The average molecular weight is 209 g/mol. The zero-order valence-electron chi connectivity index (χ0n) is 8.04. The summed E-state index contributed by atoms with van der Waals surface area (Å²) in [6.45, 7) is 2.07. The van der Waals surface area contributed by atoms with Gasteiger partial charge in [-0.15, -0.1) is 0 Å². The summed E-state index contributed by atoms with van der Waals surface area (Å²) in [4.78, 5) is 22.5. The number of carboxylic acid groups (broad SMARTS) is 1. The lowest BCUT2D eigenvalue weighted by molar-refractivity contribution is -0.151. The molecule has 4 nitrogen and oxygen atoms in total. The van der Waals surface area contributed by atoms with E-state index in [1.54, 1.807) is 0 Å². The van der Waals surface area contributed by atoms with Gasteiger partial charge in [0.15, 0.2) is 0 Å². The summed E-state index contributed by atoms with van der Waals surface area (Å²) in [5.41, 5.74) is 0. The second kappa shape index (κ2) is 5.51. The molecule has 0 heterocycles. The van der Waals surface area contributed by atoms with E-state index in [-0.39, 0.29) is 6.54 Å². The van der Waals surface area contributed by atoms with Crippen LogP contribution in [0.3, 0.4) is 0 Å². The van der Waals surface area contributed by atoms with E-state index < -0.39 is 30.8 Å². The highest BCUT2D eigenvalue weighted by molar-refractivity contribution is 5.96. The van der Waals surface area contributed by atoms with E-state index in [0.29, 0.717) is 0 Å². The number of rotatable bonds is 5. The maximum Gasteiger partial charge on any atom is 0.315 e. The van der Waals surface area contributed by atoms with Crippen molar-refractivity contribution in [3.8, 4) is 0 Å². The molecule has 1 atom stereocenters. The van der Waals surface area contributed by atoms with E-state index in [1.165, 1.54) is 13.8 Å². The van der Waals surface area contributed by atoms with Gasteiger partial charge in [-0.25, -0.2) is 8.78 Å². The molecule has 1 unspecified atom stereocenters. The standard InChI is InChI=1S/C8H13F2NO3/c1-3-11(4-6(9)10)7(12)5(2)8(13)14/h5-6H,3-4H2,1-2H3,(H,13,14). The Morgan fingerprint density at radius 3 is 2.21 bits per heavy atom. The molecule has 0 fully saturated rings. The topological polar surface area (TPSA) is 57.6 Å². The van der Waals surface area contributed by atoms with E-state index in [9.17, 15) is 18.4 Å². The molecule has 0 bridgehead atoms. The minimum absolute atomic E-state index is 0.0841. The normalized spacial score (nSPS) is 12.6. The van der Waals surface area contributed by atoms with Crippen molar-refractivity contribution in [2.45, 2.75) is 20.3 Å². The molecular formula is C8H13F2NO3. The van der Waals surface area contributed by atoms with Crippen molar-refractivity contribution in [3.05, 3.63) is 0 Å². The molecule has 0 aromatic rings. The maximum atomic E-state index is 12.0. The fourth-order valence-corrected chi connectivity index (χ4v) is 0.921. The molecule has 0 aromatic carbocycles. The molecule has 0 saturated carbocycles. The number of hydrogen-bond acceptors (Lipinski definition) is 2. The molecule has 82 valence electrons. The average Bonchev–Trinajstić information content (AvgIpc) is 2.11. The Labute approximate surface area is 80.5 Å². The Morgan fingerprint density at radius 1 is 1.43 bits per heavy atom. The fourth-order valence-electron chi connectivity index (χ4n) is 0.921. The predicted octanol–water partition coefficient (Wildman–Crippen LogP) is 0.821. The number of amides is 1. The summed E-state index contributed by atoms with van der Waals surface area (Å²) in [7, 11) is 0. The predicted molar refractivity (Wildman–Crippen MR) is 45.1 cm³/mol. The van der Waals surface area contributed by atoms with Crippen LogP contribution in [0.15, 0.2) is 0 Å². The van der Waals surface area contributed by atoms with Crippen molar-refractivity contribution in [1.82, 2.24) is 4.90 Å². The van der Waals surface area contributed by atoms with Crippen molar-refractivity contribution >= 4 is 11.9 Å². The van der Waals surface area contributed by atoms with Crippen LogP contribution >= 0.6 is 0 Å². The summed E-state index contributed by atoms with van der Waals surface area (Å²) in [5, 5.41) is 8.50. The van der Waals surface area contributed by atoms with Gasteiger partial charge < -0.3 is 10.0 Å². The van der Waals surface area contributed by atoms with Gasteiger partial charge in [0.2, 0.25) is 5.91 Å². The first-order chi connectivity index (χ1) is 6.40. The molecule has 0 saturated heterocycles. The second-order valence-corrected chi connectivity index (χ2v) is 2.83. The van der Waals surface area contributed by atoms with E-state index in [4.69, 9.17) is 5.11 Å². The zero-order valence-corrected chi connectivity index (χ0v) is 8.04. The highest BCUT2D eigenvalue weighted by Gasteiger charge is 2.26. The summed E-state index contributed by atoms with van der Waals surface area (Å²) in [6.07, 6.45) is -2.64. The number of carbonyl (C=O) groups excluding carboxylic acids is 1. The molecule has 0 aromatic heterocycles. The molecule has 14 heavy (non-hydrogen) atoms. The van der Waals surface area contributed by atoms with Crippen molar-refractivity contribution in [2.75, 3.05) is 13.1 Å². The Morgan fingerprint density at radius 2 is 1.93 bits per heavy atom.